The summed E-state index contributed by atoms with van der Waals surface area (Å²) in [6.45, 7) is 0.736. The Balaban J connectivity index is 1.72. The quantitative estimate of drug-likeness (QED) is 0.670. The van der Waals surface area contributed by atoms with Gasteiger partial charge in [0.15, 0.2) is 6.61 Å². The van der Waals surface area contributed by atoms with Gasteiger partial charge in [0.25, 0.3) is 5.91 Å². The highest BCUT2D eigenvalue weighted by atomic mass is 32.2. The summed E-state index contributed by atoms with van der Waals surface area (Å²) in [6, 6.07) is 4.33. The van der Waals surface area contributed by atoms with Crippen LogP contribution in [0.15, 0.2) is 23.1 Å². The van der Waals surface area contributed by atoms with Crippen LogP contribution < -0.4 is 10.1 Å². The van der Waals surface area contributed by atoms with Gasteiger partial charge >= 0.3 is 5.97 Å². The lowest BCUT2D eigenvalue weighted by molar-refractivity contribution is -0.148. The summed E-state index contributed by atoms with van der Waals surface area (Å²) >= 11 is 0. The Kier molecular flexibility index (Phi) is 5.98. The van der Waals surface area contributed by atoms with Crippen molar-refractivity contribution in [2.45, 2.75) is 17.7 Å². The van der Waals surface area contributed by atoms with Crippen LogP contribution in [0, 0.1) is 5.92 Å². The van der Waals surface area contributed by atoms with E-state index in [4.69, 9.17) is 14.2 Å². The number of amides is 1. The van der Waals surface area contributed by atoms with Crippen molar-refractivity contribution in [3.05, 3.63) is 18.2 Å². The molecule has 1 amide bonds. The molecule has 0 atom stereocenters. The Morgan fingerprint density at radius 2 is 1.96 bits per heavy atom. The van der Waals surface area contributed by atoms with E-state index in [2.05, 4.69) is 5.32 Å². The molecule has 1 aliphatic carbocycles. The van der Waals surface area contributed by atoms with E-state index in [1.54, 1.807) is 0 Å². The summed E-state index contributed by atoms with van der Waals surface area (Å²) in [5.41, 5.74) is 0.273. The average molecular weight is 398 g/mol. The topological polar surface area (TPSA) is 111 Å². The van der Waals surface area contributed by atoms with E-state index in [1.807, 2.05) is 0 Å². The molecule has 1 N–H and O–H groups in total. The van der Waals surface area contributed by atoms with E-state index < -0.39 is 22.5 Å². The van der Waals surface area contributed by atoms with E-state index in [-0.39, 0.29) is 41.3 Å². The first-order chi connectivity index (χ1) is 12.9. The van der Waals surface area contributed by atoms with E-state index in [0.717, 1.165) is 12.8 Å². The highest BCUT2D eigenvalue weighted by Gasteiger charge is 2.32. The molecule has 1 saturated heterocycles. The fourth-order valence-electron chi connectivity index (χ4n) is 2.65. The van der Waals surface area contributed by atoms with Crippen LogP contribution in [0.2, 0.25) is 0 Å². The molecule has 10 heteroatoms. The van der Waals surface area contributed by atoms with E-state index in [9.17, 15) is 18.0 Å². The van der Waals surface area contributed by atoms with Crippen molar-refractivity contribution >= 4 is 27.6 Å². The summed E-state index contributed by atoms with van der Waals surface area (Å²) in [6.07, 6.45) is 1.59. The Morgan fingerprint density at radius 1 is 1.26 bits per heavy atom. The van der Waals surface area contributed by atoms with Crippen LogP contribution >= 0.6 is 0 Å². The van der Waals surface area contributed by atoms with Gasteiger partial charge in [0, 0.05) is 18.8 Å². The fraction of sp³-hybridized carbons (Fsp3) is 0.529. The number of ether oxygens (including phenoxy) is 3. The monoisotopic (exact) mass is 398 g/mol. The first kappa shape index (κ1) is 19.6. The predicted octanol–water partition coefficient (Wildman–Crippen LogP) is 0.608. The summed E-state index contributed by atoms with van der Waals surface area (Å²) in [4.78, 5) is 23.4. The average Bonchev–Trinajstić information content (AvgIpc) is 3.52. The van der Waals surface area contributed by atoms with Crippen molar-refractivity contribution in [3.8, 4) is 5.75 Å². The van der Waals surface area contributed by atoms with Gasteiger partial charge in [-0.05, 0) is 31.0 Å². The highest BCUT2D eigenvalue weighted by Crippen LogP contribution is 2.31. The van der Waals surface area contributed by atoms with Crippen LogP contribution in [0.3, 0.4) is 0 Å². The molecule has 27 heavy (non-hydrogen) atoms. The molecule has 3 rings (SSSR count). The zero-order valence-electron chi connectivity index (χ0n) is 15.0. The number of hydrogen-bond donors (Lipinski definition) is 1. The number of sulfonamides is 1. The molecule has 1 heterocycles. The molecule has 1 aliphatic heterocycles. The molecule has 1 aromatic carbocycles. The van der Waals surface area contributed by atoms with Crippen LogP contribution in [0.1, 0.15) is 12.8 Å². The molecule has 0 spiro atoms. The third kappa shape index (κ3) is 4.76. The van der Waals surface area contributed by atoms with Crippen LogP contribution in [0.4, 0.5) is 5.69 Å². The standard InChI is InChI=1S/C17H22N2O7S/c1-24-14-5-4-13(18-16(20)11-26-17(21)12-2-3-12)10-15(14)27(22,23)19-6-8-25-9-7-19/h4-5,10,12H,2-3,6-9,11H2,1H3,(H,18,20). The number of morpholine rings is 1. The maximum absolute atomic E-state index is 12.9. The van der Waals surface area contributed by atoms with E-state index in [1.165, 1.54) is 29.6 Å². The molecule has 0 unspecified atom stereocenters. The van der Waals surface area contributed by atoms with Crippen molar-refractivity contribution in [2.75, 3.05) is 45.3 Å². The summed E-state index contributed by atoms with van der Waals surface area (Å²) in [7, 11) is -2.42. The lowest BCUT2D eigenvalue weighted by Crippen LogP contribution is -2.40. The third-order valence-corrected chi connectivity index (χ3v) is 6.21. The normalized spacial score (nSPS) is 18.0. The van der Waals surface area contributed by atoms with Crippen LogP contribution in [0.25, 0.3) is 0 Å². The summed E-state index contributed by atoms with van der Waals surface area (Å²) in [5.74, 6) is -0.831. The molecule has 0 radical (unpaired) electrons. The van der Waals surface area contributed by atoms with Crippen molar-refractivity contribution in [3.63, 3.8) is 0 Å². The van der Waals surface area contributed by atoms with Crippen LogP contribution in [-0.2, 0) is 29.1 Å². The first-order valence-electron chi connectivity index (χ1n) is 8.64. The molecule has 0 bridgehead atoms. The number of methoxy groups -OCH3 is 1. The molecule has 2 fully saturated rings. The van der Waals surface area contributed by atoms with Crippen molar-refractivity contribution < 1.29 is 32.2 Å². The smallest absolute Gasteiger partial charge is 0.309 e. The number of carbonyl (C=O) groups is 2. The number of rotatable bonds is 7. The number of benzene rings is 1. The Hall–Kier alpha value is -2.17. The van der Waals surface area contributed by atoms with Gasteiger partial charge in [0.05, 0.1) is 26.2 Å². The van der Waals surface area contributed by atoms with Gasteiger partial charge in [0.2, 0.25) is 10.0 Å². The van der Waals surface area contributed by atoms with Crippen LogP contribution in [0.5, 0.6) is 5.75 Å². The molecular weight excluding hydrogens is 376 g/mol. The number of carbonyl (C=O) groups excluding carboxylic acids is 2. The molecule has 2 aliphatic rings. The second-order valence-electron chi connectivity index (χ2n) is 6.31. The van der Waals surface area contributed by atoms with Gasteiger partial charge in [-0.25, -0.2) is 8.42 Å². The number of esters is 1. The molecule has 9 nitrogen and oxygen atoms in total. The van der Waals surface area contributed by atoms with Gasteiger partial charge in [-0.3, -0.25) is 9.59 Å². The Morgan fingerprint density at radius 3 is 2.59 bits per heavy atom. The van der Waals surface area contributed by atoms with Gasteiger partial charge < -0.3 is 19.5 Å². The highest BCUT2D eigenvalue weighted by molar-refractivity contribution is 7.89. The summed E-state index contributed by atoms with van der Waals surface area (Å²) in [5, 5.41) is 2.54. The van der Waals surface area contributed by atoms with Crippen LogP contribution in [-0.4, -0.2) is 64.6 Å². The lowest BCUT2D eigenvalue weighted by Gasteiger charge is -2.26. The SMILES string of the molecule is COc1ccc(NC(=O)COC(=O)C2CC2)cc1S(=O)(=O)N1CCOCC1. The molecule has 1 aromatic rings. The Labute approximate surface area is 157 Å². The minimum Gasteiger partial charge on any atom is -0.495 e. The second-order valence-corrected chi connectivity index (χ2v) is 8.22. The van der Waals surface area contributed by atoms with Crippen molar-refractivity contribution in [1.29, 1.82) is 0 Å². The molecule has 1 saturated carbocycles. The number of hydrogen-bond acceptors (Lipinski definition) is 7. The lowest BCUT2D eigenvalue weighted by atomic mass is 10.3. The largest absolute Gasteiger partial charge is 0.495 e. The number of anilines is 1. The maximum atomic E-state index is 12.9. The van der Waals surface area contributed by atoms with Crippen molar-refractivity contribution in [1.82, 2.24) is 4.31 Å². The van der Waals surface area contributed by atoms with Gasteiger partial charge in [0.1, 0.15) is 10.6 Å². The van der Waals surface area contributed by atoms with Gasteiger partial charge in [-0.2, -0.15) is 4.31 Å². The molecule has 148 valence electrons. The maximum Gasteiger partial charge on any atom is 0.309 e. The summed E-state index contributed by atoms with van der Waals surface area (Å²) < 4.78 is 42.4. The Bertz CT molecular complexity index is 815. The molecule has 0 aromatic heterocycles. The fourth-order valence-corrected chi connectivity index (χ4v) is 4.24. The third-order valence-electron chi connectivity index (χ3n) is 4.29. The number of nitrogens with zero attached hydrogens (tertiary/aromatic N) is 1. The zero-order valence-corrected chi connectivity index (χ0v) is 15.8. The van der Waals surface area contributed by atoms with E-state index in [0.29, 0.717) is 13.2 Å². The predicted molar refractivity (Wildman–Crippen MR) is 94.9 cm³/mol. The van der Waals surface area contributed by atoms with E-state index >= 15 is 0 Å². The first-order valence-corrected chi connectivity index (χ1v) is 10.1. The van der Waals surface area contributed by atoms with Crippen molar-refractivity contribution in [2.24, 2.45) is 5.92 Å². The molecular formula is C17H22N2O7S. The number of nitrogens with one attached hydrogen (secondary N) is 1. The van der Waals surface area contributed by atoms with Gasteiger partial charge in [-0.1, -0.05) is 0 Å². The van der Waals surface area contributed by atoms with Gasteiger partial charge in [-0.15, -0.1) is 0 Å². The zero-order chi connectivity index (χ0) is 19.4. The second kappa shape index (κ2) is 8.24. The minimum atomic E-state index is -3.80. The minimum absolute atomic E-state index is 0.0420.